The molecular formula is C17H22N2O2. The van der Waals surface area contributed by atoms with E-state index in [2.05, 4.69) is 24.1 Å². The summed E-state index contributed by atoms with van der Waals surface area (Å²) in [7, 11) is 0. The maximum atomic E-state index is 12.4. The van der Waals surface area contributed by atoms with Crippen LogP contribution < -0.4 is 5.32 Å². The third-order valence-corrected chi connectivity index (χ3v) is 3.81. The lowest BCUT2D eigenvalue weighted by molar-refractivity contribution is 0.0872. The average molecular weight is 286 g/mol. The minimum atomic E-state index is -0.252. The van der Waals surface area contributed by atoms with Gasteiger partial charge >= 0.3 is 0 Å². The van der Waals surface area contributed by atoms with E-state index in [1.807, 2.05) is 31.2 Å². The highest BCUT2D eigenvalue weighted by atomic mass is 16.3. The highest BCUT2D eigenvalue weighted by molar-refractivity contribution is 6.01. The van der Waals surface area contributed by atoms with Gasteiger partial charge < -0.3 is 10.4 Å². The van der Waals surface area contributed by atoms with Gasteiger partial charge in [0.2, 0.25) is 0 Å². The average Bonchev–Trinajstić information content (AvgIpc) is 2.47. The summed E-state index contributed by atoms with van der Waals surface area (Å²) in [5.41, 5.74) is 0.313. The molecule has 2 N–H and O–H groups in total. The van der Waals surface area contributed by atoms with Crippen LogP contribution >= 0.6 is 0 Å². The summed E-state index contributed by atoms with van der Waals surface area (Å²) in [6.07, 6.45) is -0.0710. The molecule has 2 aromatic carbocycles. The first kappa shape index (κ1) is 15.3. The smallest absolute Gasteiger partial charge is 0.256 e. The van der Waals surface area contributed by atoms with Gasteiger partial charge in [0.15, 0.2) is 0 Å². The summed E-state index contributed by atoms with van der Waals surface area (Å²) in [5.74, 6) is -0.240. The van der Waals surface area contributed by atoms with Crippen molar-refractivity contribution in [2.45, 2.75) is 26.9 Å². The number of fused-ring (bicyclic) bond motifs is 1. The van der Waals surface area contributed by atoms with Crippen molar-refractivity contribution < 1.29 is 9.90 Å². The predicted molar refractivity (Wildman–Crippen MR) is 85.5 cm³/mol. The van der Waals surface area contributed by atoms with Gasteiger partial charge in [-0.1, -0.05) is 38.1 Å². The van der Waals surface area contributed by atoms with Crippen molar-refractivity contribution in [3.8, 4) is 5.75 Å². The molecule has 21 heavy (non-hydrogen) atoms. The summed E-state index contributed by atoms with van der Waals surface area (Å²) in [6, 6.07) is 11.0. The number of amides is 1. The van der Waals surface area contributed by atoms with E-state index in [4.69, 9.17) is 0 Å². The number of benzene rings is 2. The fourth-order valence-corrected chi connectivity index (χ4v) is 2.54. The van der Waals surface area contributed by atoms with Crippen molar-refractivity contribution in [2.24, 2.45) is 0 Å². The standard InChI is InChI=1S/C17H22N2O2/c1-4-19(5-2)12(3)18-17(21)15-10-13-8-6-7-9-14(13)11-16(15)20/h6-12,20H,4-5H2,1-3H3,(H,18,21). The second kappa shape index (κ2) is 6.59. The van der Waals surface area contributed by atoms with E-state index in [-0.39, 0.29) is 17.8 Å². The van der Waals surface area contributed by atoms with Crippen molar-refractivity contribution in [1.29, 1.82) is 0 Å². The zero-order chi connectivity index (χ0) is 15.4. The van der Waals surface area contributed by atoms with Crippen LogP contribution in [0.25, 0.3) is 10.8 Å². The van der Waals surface area contributed by atoms with E-state index >= 15 is 0 Å². The number of carbonyl (C=O) groups excluding carboxylic acids is 1. The lowest BCUT2D eigenvalue weighted by Gasteiger charge is -2.27. The topological polar surface area (TPSA) is 52.6 Å². The number of carbonyl (C=O) groups is 1. The second-order valence-electron chi connectivity index (χ2n) is 5.09. The summed E-state index contributed by atoms with van der Waals surface area (Å²) >= 11 is 0. The van der Waals surface area contributed by atoms with E-state index in [1.165, 1.54) is 0 Å². The summed E-state index contributed by atoms with van der Waals surface area (Å²) < 4.78 is 0. The number of nitrogens with one attached hydrogen (secondary N) is 1. The van der Waals surface area contributed by atoms with Crippen LogP contribution in [0.1, 0.15) is 31.1 Å². The predicted octanol–water partition coefficient (Wildman–Crippen LogP) is 2.96. The molecule has 0 bridgehead atoms. The molecule has 112 valence electrons. The highest BCUT2D eigenvalue weighted by Crippen LogP contribution is 2.25. The van der Waals surface area contributed by atoms with Gasteiger partial charge in [0.25, 0.3) is 5.91 Å². The number of aromatic hydroxyl groups is 1. The normalized spacial score (nSPS) is 12.6. The number of phenolic OH excluding ortho intramolecular Hbond substituents is 1. The van der Waals surface area contributed by atoms with Gasteiger partial charge in [0.05, 0.1) is 11.7 Å². The molecular weight excluding hydrogens is 264 g/mol. The third kappa shape index (κ3) is 3.34. The van der Waals surface area contributed by atoms with Crippen LogP contribution in [0, 0.1) is 0 Å². The van der Waals surface area contributed by atoms with Crippen molar-refractivity contribution in [2.75, 3.05) is 13.1 Å². The number of rotatable bonds is 5. The molecule has 1 unspecified atom stereocenters. The van der Waals surface area contributed by atoms with E-state index in [1.54, 1.807) is 12.1 Å². The van der Waals surface area contributed by atoms with Gasteiger partial charge in [-0.3, -0.25) is 9.69 Å². The quantitative estimate of drug-likeness (QED) is 0.831. The maximum Gasteiger partial charge on any atom is 0.256 e. The SMILES string of the molecule is CCN(CC)C(C)NC(=O)c1cc2ccccc2cc1O. The molecule has 0 saturated carbocycles. The first-order chi connectivity index (χ1) is 10.1. The summed E-state index contributed by atoms with van der Waals surface area (Å²) in [4.78, 5) is 14.5. The number of hydrogen-bond donors (Lipinski definition) is 2. The molecule has 0 aromatic heterocycles. The van der Waals surface area contributed by atoms with Crippen LogP contribution in [0.2, 0.25) is 0 Å². The van der Waals surface area contributed by atoms with Crippen molar-refractivity contribution in [3.05, 3.63) is 42.0 Å². The largest absolute Gasteiger partial charge is 0.507 e. The van der Waals surface area contributed by atoms with E-state index < -0.39 is 0 Å². The Hall–Kier alpha value is -2.07. The van der Waals surface area contributed by atoms with Crippen molar-refractivity contribution in [3.63, 3.8) is 0 Å². The Morgan fingerprint density at radius 2 is 1.76 bits per heavy atom. The first-order valence-corrected chi connectivity index (χ1v) is 7.33. The maximum absolute atomic E-state index is 12.4. The van der Waals surface area contributed by atoms with Crippen molar-refractivity contribution >= 4 is 16.7 Å². The molecule has 0 aliphatic carbocycles. The molecule has 2 rings (SSSR count). The Labute approximate surface area is 125 Å². The van der Waals surface area contributed by atoms with E-state index in [9.17, 15) is 9.90 Å². The van der Waals surface area contributed by atoms with Gasteiger partial charge in [-0.25, -0.2) is 0 Å². The van der Waals surface area contributed by atoms with Crippen LogP contribution in [0.5, 0.6) is 5.75 Å². The Bertz CT molecular complexity index is 636. The molecule has 4 heteroatoms. The van der Waals surface area contributed by atoms with Crippen LogP contribution in [0.3, 0.4) is 0 Å². The zero-order valence-electron chi connectivity index (χ0n) is 12.8. The molecule has 0 fully saturated rings. The van der Waals surface area contributed by atoms with Crippen LogP contribution in [0.4, 0.5) is 0 Å². The van der Waals surface area contributed by atoms with Gasteiger partial charge in [0.1, 0.15) is 5.75 Å². The Morgan fingerprint density at radius 3 is 2.33 bits per heavy atom. The third-order valence-electron chi connectivity index (χ3n) is 3.81. The van der Waals surface area contributed by atoms with Gasteiger partial charge in [0, 0.05) is 0 Å². The molecule has 1 amide bonds. The van der Waals surface area contributed by atoms with E-state index in [0.29, 0.717) is 5.56 Å². The molecule has 0 spiro atoms. The molecule has 1 atom stereocenters. The number of nitrogens with zero attached hydrogens (tertiary/aromatic N) is 1. The van der Waals surface area contributed by atoms with Crippen LogP contribution in [-0.2, 0) is 0 Å². The van der Waals surface area contributed by atoms with Crippen molar-refractivity contribution in [1.82, 2.24) is 10.2 Å². The van der Waals surface area contributed by atoms with Gasteiger partial charge in [-0.2, -0.15) is 0 Å². The number of phenols is 1. The summed E-state index contributed by atoms with van der Waals surface area (Å²) in [6.45, 7) is 7.78. The van der Waals surface area contributed by atoms with E-state index in [0.717, 1.165) is 23.9 Å². The molecule has 0 heterocycles. The fraction of sp³-hybridized carbons (Fsp3) is 0.353. The molecule has 0 aliphatic heterocycles. The lowest BCUT2D eigenvalue weighted by Crippen LogP contribution is -2.46. The molecule has 0 aliphatic rings. The zero-order valence-corrected chi connectivity index (χ0v) is 12.8. The van der Waals surface area contributed by atoms with Crippen LogP contribution in [-0.4, -0.2) is 35.2 Å². The molecule has 0 radical (unpaired) electrons. The lowest BCUT2D eigenvalue weighted by atomic mass is 10.1. The minimum absolute atomic E-state index is 0.0120. The second-order valence-corrected chi connectivity index (χ2v) is 5.09. The Kier molecular flexibility index (Phi) is 4.81. The highest BCUT2D eigenvalue weighted by Gasteiger charge is 2.17. The Morgan fingerprint density at radius 1 is 1.19 bits per heavy atom. The summed E-state index contributed by atoms with van der Waals surface area (Å²) in [5, 5.41) is 14.9. The monoisotopic (exact) mass is 286 g/mol. The Balaban J connectivity index is 2.25. The molecule has 4 nitrogen and oxygen atoms in total. The minimum Gasteiger partial charge on any atom is -0.507 e. The van der Waals surface area contributed by atoms with Gasteiger partial charge in [-0.15, -0.1) is 0 Å². The molecule has 0 saturated heterocycles. The van der Waals surface area contributed by atoms with Gasteiger partial charge in [-0.05, 0) is 42.9 Å². The molecule has 2 aromatic rings. The van der Waals surface area contributed by atoms with Crippen LogP contribution in [0.15, 0.2) is 36.4 Å². The first-order valence-electron chi connectivity index (χ1n) is 7.33. The fourth-order valence-electron chi connectivity index (χ4n) is 2.54. The number of hydrogen-bond acceptors (Lipinski definition) is 3.